The van der Waals surface area contributed by atoms with Crippen molar-refractivity contribution in [3.05, 3.63) is 145 Å². The molecule has 0 amide bonds. The molecule has 0 aliphatic heterocycles. The molecule has 0 N–H and O–H groups in total. The van der Waals surface area contributed by atoms with Crippen molar-refractivity contribution in [3.63, 3.8) is 0 Å². The Hall–Kier alpha value is -2.31. The van der Waals surface area contributed by atoms with Crippen molar-refractivity contribution in [2.75, 3.05) is 0 Å². The first-order valence-corrected chi connectivity index (χ1v) is 22.6. The molecule has 0 saturated carbocycles. The van der Waals surface area contributed by atoms with Crippen molar-refractivity contribution < 1.29 is 46.1 Å². The molecule has 2 atom stereocenters. The average Bonchev–Trinajstić information content (AvgIpc) is 3.76. The molecular weight excluding hydrogens is 727 g/mol. The van der Waals surface area contributed by atoms with Crippen LogP contribution in [-0.2, 0) is 47.0 Å². The van der Waals surface area contributed by atoms with E-state index in [1.54, 1.807) is 16.7 Å². The van der Waals surface area contributed by atoms with Crippen LogP contribution >= 0.6 is 0 Å². The minimum atomic E-state index is -2.39. The zero-order valence-corrected chi connectivity index (χ0v) is 35.0. The van der Waals surface area contributed by atoms with E-state index < -0.39 is 21.3 Å². The van der Waals surface area contributed by atoms with Crippen LogP contribution in [0.5, 0.6) is 0 Å². The minimum absolute atomic E-state index is 0. The molecule has 0 radical (unpaired) electrons. The van der Waals surface area contributed by atoms with Gasteiger partial charge in [0.2, 0.25) is 0 Å². The molecule has 0 nitrogen and oxygen atoms in total. The van der Waals surface area contributed by atoms with Gasteiger partial charge in [0.15, 0.2) is 0 Å². The number of aryl methyl sites for hydroxylation is 1. The van der Waals surface area contributed by atoms with Gasteiger partial charge in [0, 0.05) is 0 Å². The number of benzene rings is 4. The van der Waals surface area contributed by atoms with Crippen LogP contribution in [0.25, 0.3) is 11.1 Å². The van der Waals surface area contributed by atoms with Crippen LogP contribution in [-0.4, -0.2) is 3.21 Å². The summed E-state index contributed by atoms with van der Waals surface area (Å²) < 4.78 is 5.66. The van der Waals surface area contributed by atoms with Crippen LogP contribution in [0.1, 0.15) is 112 Å². The zero-order chi connectivity index (χ0) is 33.5. The van der Waals surface area contributed by atoms with Gasteiger partial charge in [-0.25, -0.2) is 0 Å². The van der Waals surface area contributed by atoms with Gasteiger partial charge < -0.3 is 24.8 Å². The summed E-state index contributed by atoms with van der Waals surface area (Å²) in [7, 11) is 0. The van der Waals surface area contributed by atoms with Crippen LogP contribution in [0.15, 0.2) is 106 Å². The van der Waals surface area contributed by atoms with Crippen molar-refractivity contribution in [1.82, 2.24) is 0 Å². The molecule has 3 heteroatoms. The Morgan fingerprint density at radius 3 is 1.98 bits per heavy atom. The third kappa shape index (κ3) is 9.56. The van der Waals surface area contributed by atoms with E-state index in [4.69, 9.17) is 0 Å². The van der Waals surface area contributed by atoms with Crippen LogP contribution in [0, 0.1) is 18.8 Å². The Morgan fingerprint density at radius 2 is 1.36 bits per heavy atom. The van der Waals surface area contributed by atoms with Gasteiger partial charge in [0.05, 0.1) is 0 Å². The first-order valence-electron chi connectivity index (χ1n) is 18.9. The maximum absolute atomic E-state index is 2.60. The first kappa shape index (κ1) is 40.5. The zero-order valence-electron chi connectivity index (χ0n) is 31.0. The Bertz CT molecular complexity index is 1790. The smallest absolute Gasteiger partial charge is 1.00 e. The van der Waals surface area contributed by atoms with E-state index in [0.717, 1.165) is 19.3 Å². The number of unbranched alkanes of at least 4 members (excludes halogenated alkanes) is 2. The van der Waals surface area contributed by atoms with E-state index >= 15 is 0 Å². The maximum Gasteiger partial charge on any atom is -1.00 e. The number of hydrogen-bond acceptors (Lipinski definition) is 0. The van der Waals surface area contributed by atoms with Gasteiger partial charge in [-0.1, -0.05) is 0 Å². The van der Waals surface area contributed by atoms with Gasteiger partial charge in [0.25, 0.3) is 0 Å². The number of hydrogen-bond donors (Lipinski definition) is 0. The standard InChI is InChI=1S/C33H33.C9H18.C5H5.2ClH.Zr/c1-23(16-26-10-6-4-7-11-26)24(2)17-28-14-15-32-31(20-28)21-30-18-25(3)29(22-33(30)32)19-27-12-8-5-9-13-27;1-3-5-7-9-8-6-4-2;1-2-4-5-3-1;;;/h4-15,18,22-24H,16-17,19,21H2,1-3H3;3-8H2,1-2H3;1-3H,4H2;2*1H;/q;;;;;+2/p-2. The molecule has 2 aliphatic rings. The van der Waals surface area contributed by atoms with E-state index in [9.17, 15) is 0 Å². The predicted molar refractivity (Wildman–Crippen MR) is 206 cm³/mol. The molecule has 0 fully saturated rings. The number of rotatable bonds is 15. The Morgan fingerprint density at radius 1 is 0.720 bits per heavy atom. The molecule has 6 rings (SSSR count). The molecule has 262 valence electrons. The van der Waals surface area contributed by atoms with E-state index in [0.29, 0.717) is 11.8 Å². The molecule has 2 aliphatic carbocycles. The summed E-state index contributed by atoms with van der Waals surface area (Å²) in [5.41, 5.74) is 13.8. The average molecular weight is 783 g/mol. The predicted octanol–water partition coefficient (Wildman–Crippen LogP) is 5.86. The molecule has 50 heavy (non-hydrogen) atoms. The van der Waals surface area contributed by atoms with Crippen LogP contribution in [0.4, 0.5) is 0 Å². The quantitative estimate of drug-likeness (QED) is 0.125. The maximum atomic E-state index is 2.60. The summed E-state index contributed by atoms with van der Waals surface area (Å²) in [5.74, 6) is 1.26. The summed E-state index contributed by atoms with van der Waals surface area (Å²) in [6.07, 6.45) is 20.9. The summed E-state index contributed by atoms with van der Waals surface area (Å²) in [5, 5.41) is 0. The molecule has 0 bridgehead atoms. The number of allylic oxidation sites excluding steroid dienone is 4. The SMILES string of the molecule is CCCC[C](CCCC)=[Zr+2]([C]1=CC=CC1)[c]1c(CC(C)C(C)Cc2ccccc2)ccc2c1Cc1cc(C)c(Cc3ccccc3)cc1-2.[Cl-].[Cl-]. The van der Waals surface area contributed by atoms with Gasteiger partial charge in [-0.05, 0) is 0 Å². The second kappa shape index (κ2) is 19.5. The van der Waals surface area contributed by atoms with Crippen molar-refractivity contribution in [2.24, 2.45) is 11.8 Å². The first-order chi connectivity index (χ1) is 23.5. The summed E-state index contributed by atoms with van der Waals surface area (Å²) in [6, 6.07) is 32.4. The van der Waals surface area contributed by atoms with Gasteiger partial charge in [0.1, 0.15) is 0 Å². The second-order valence-electron chi connectivity index (χ2n) is 14.8. The van der Waals surface area contributed by atoms with Crippen LogP contribution < -0.4 is 28.1 Å². The number of fused-ring (bicyclic) bond motifs is 3. The molecule has 0 spiro atoms. The molecule has 0 saturated heterocycles. The van der Waals surface area contributed by atoms with Crippen molar-refractivity contribution in [3.8, 4) is 11.1 Å². The Kier molecular flexibility index (Phi) is 15.8. The fourth-order valence-electron chi connectivity index (χ4n) is 8.11. The van der Waals surface area contributed by atoms with E-state index in [1.165, 1.54) is 84.7 Å². The molecule has 0 heterocycles. The van der Waals surface area contributed by atoms with Gasteiger partial charge >= 0.3 is 301 Å². The third-order valence-corrected chi connectivity index (χ3v) is 19.3. The number of halogens is 2. The summed E-state index contributed by atoms with van der Waals surface area (Å²) in [6.45, 7) is 12.1. The fraction of sp³-hybridized carbons (Fsp3) is 0.383. The minimum Gasteiger partial charge on any atom is -1.00 e. The van der Waals surface area contributed by atoms with Crippen molar-refractivity contribution in [1.29, 1.82) is 0 Å². The molecule has 2 unspecified atom stereocenters. The van der Waals surface area contributed by atoms with Gasteiger partial charge in [-0.15, -0.1) is 0 Å². The van der Waals surface area contributed by atoms with Crippen LogP contribution in [0.3, 0.4) is 0 Å². The van der Waals surface area contributed by atoms with Crippen molar-refractivity contribution in [2.45, 2.75) is 105 Å². The molecule has 0 aromatic heterocycles. The summed E-state index contributed by atoms with van der Waals surface area (Å²) in [4.78, 5) is 0. The van der Waals surface area contributed by atoms with E-state index in [-0.39, 0.29) is 24.8 Å². The van der Waals surface area contributed by atoms with Gasteiger partial charge in [-0.2, -0.15) is 0 Å². The van der Waals surface area contributed by atoms with Crippen LogP contribution in [0.2, 0.25) is 0 Å². The molecule has 4 aromatic carbocycles. The molecular formula is C47H56Cl2Zr. The monoisotopic (exact) mass is 780 g/mol. The third-order valence-electron chi connectivity index (χ3n) is 11.1. The fourth-order valence-corrected chi connectivity index (χ4v) is 17.0. The normalized spacial score (nSPS) is 13.6. The Balaban J connectivity index is 0.00000281. The van der Waals surface area contributed by atoms with Gasteiger partial charge in [-0.3, -0.25) is 0 Å². The second-order valence-corrected chi connectivity index (χ2v) is 21.1. The van der Waals surface area contributed by atoms with Crippen molar-refractivity contribution >= 4 is 6.48 Å². The summed E-state index contributed by atoms with van der Waals surface area (Å²) >= 11 is -2.39. The van der Waals surface area contributed by atoms with E-state index in [1.807, 2.05) is 9.76 Å². The topological polar surface area (TPSA) is 0 Å². The largest absolute Gasteiger partial charge is 1.00 e. The van der Waals surface area contributed by atoms with E-state index in [2.05, 4.69) is 138 Å². The Labute approximate surface area is 323 Å². The molecule has 4 aromatic rings.